The second-order valence-electron chi connectivity index (χ2n) is 7.12. The zero-order chi connectivity index (χ0) is 19.3. The summed E-state index contributed by atoms with van der Waals surface area (Å²) in [7, 11) is -3.62. The van der Waals surface area contributed by atoms with Crippen molar-refractivity contribution < 1.29 is 22.7 Å². The van der Waals surface area contributed by atoms with Crippen molar-refractivity contribution in [2.75, 3.05) is 19.7 Å². The number of piperidine rings is 1. The molecule has 2 fully saturated rings. The van der Waals surface area contributed by atoms with Gasteiger partial charge in [-0.3, -0.25) is 4.79 Å². The van der Waals surface area contributed by atoms with Gasteiger partial charge in [0.1, 0.15) is 0 Å². The maximum absolute atomic E-state index is 12.7. The lowest BCUT2D eigenvalue weighted by molar-refractivity contribution is -0.124. The molecule has 0 atom stereocenters. The Morgan fingerprint density at radius 1 is 1.07 bits per heavy atom. The highest BCUT2D eigenvalue weighted by atomic mass is 32.2. The van der Waals surface area contributed by atoms with E-state index >= 15 is 0 Å². The van der Waals surface area contributed by atoms with E-state index in [1.807, 2.05) is 0 Å². The van der Waals surface area contributed by atoms with Crippen molar-refractivity contribution in [1.29, 1.82) is 0 Å². The molecule has 0 spiro atoms. The number of rotatable bonds is 6. The van der Waals surface area contributed by atoms with Crippen molar-refractivity contribution in [2.45, 2.75) is 55.9 Å². The fourth-order valence-corrected chi connectivity index (χ4v) is 5.16. The summed E-state index contributed by atoms with van der Waals surface area (Å²) in [5.41, 5.74) is 0.127. The number of hydrogen-bond donors (Lipinski definition) is 1. The number of hydrogen-bond acceptors (Lipinski definition) is 5. The zero-order valence-corrected chi connectivity index (χ0v) is 16.2. The number of carbonyl (C=O) groups is 2. The number of benzene rings is 1. The van der Waals surface area contributed by atoms with Gasteiger partial charge in [0.15, 0.2) is 6.61 Å². The van der Waals surface area contributed by atoms with Crippen LogP contribution < -0.4 is 5.32 Å². The highest BCUT2D eigenvalue weighted by Gasteiger charge is 2.26. The topological polar surface area (TPSA) is 92.8 Å². The first-order valence-electron chi connectivity index (χ1n) is 9.53. The molecule has 1 amide bonds. The molecule has 27 heavy (non-hydrogen) atoms. The molecule has 2 aliphatic rings. The highest BCUT2D eigenvalue weighted by molar-refractivity contribution is 7.89. The van der Waals surface area contributed by atoms with Crippen LogP contribution in [-0.4, -0.2) is 50.3 Å². The molecule has 3 rings (SSSR count). The summed E-state index contributed by atoms with van der Waals surface area (Å²) in [5, 5.41) is 2.85. The molecule has 1 heterocycles. The summed E-state index contributed by atoms with van der Waals surface area (Å²) in [5.74, 6) is -1.03. The molecule has 1 aliphatic heterocycles. The molecule has 1 saturated carbocycles. The van der Waals surface area contributed by atoms with E-state index in [0.717, 1.165) is 44.9 Å². The van der Waals surface area contributed by atoms with Gasteiger partial charge < -0.3 is 10.1 Å². The number of amides is 1. The second kappa shape index (κ2) is 8.84. The Morgan fingerprint density at radius 3 is 2.48 bits per heavy atom. The van der Waals surface area contributed by atoms with E-state index in [4.69, 9.17) is 4.74 Å². The zero-order valence-electron chi connectivity index (χ0n) is 15.4. The van der Waals surface area contributed by atoms with Gasteiger partial charge in [-0.05, 0) is 43.9 Å². The van der Waals surface area contributed by atoms with E-state index < -0.39 is 16.0 Å². The number of nitrogens with zero attached hydrogens (tertiary/aromatic N) is 1. The highest BCUT2D eigenvalue weighted by Crippen LogP contribution is 2.21. The molecule has 0 radical (unpaired) electrons. The molecule has 8 heteroatoms. The third kappa shape index (κ3) is 5.07. The summed E-state index contributed by atoms with van der Waals surface area (Å²) in [4.78, 5) is 24.2. The maximum atomic E-state index is 12.7. The van der Waals surface area contributed by atoms with Crippen LogP contribution in [0.1, 0.15) is 55.3 Å². The van der Waals surface area contributed by atoms with Crippen molar-refractivity contribution in [2.24, 2.45) is 0 Å². The van der Waals surface area contributed by atoms with Crippen LogP contribution in [0.4, 0.5) is 0 Å². The Balaban J connectivity index is 1.60. The Morgan fingerprint density at radius 2 is 1.78 bits per heavy atom. The van der Waals surface area contributed by atoms with Crippen LogP contribution in [0.3, 0.4) is 0 Å². The van der Waals surface area contributed by atoms with Crippen LogP contribution in [0.5, 0.6) is 0 Å². The van der Waals surface area contributed by atoms with Gasteiger partial charge in [-0.1, -0.05) is 25.3 Å². The minimum absolute atomic E-state index is 0.0780. The molecule has 1 N–H and O–H groups in total. The lowest BCUT2D eigenvalue weighted by Gasteiger charge is -2.25. The lowest BCUT2D eigenvalue weighted by Crippen LogP contribution is -2.36. The van der Waals surface area contributed by atoms with Crippen molar-refractivity contribution >= 4 is 21.9 Å². The number of carbonyl (C=O) groups excluding carboxylic acids is 2. The molecule has 0 unspecified atom stereocenters. The minimum Gasteiger partial charge on any atom is -0.452 e. The van der Waals surface area contributed by atoms with E-state index in [-0.39, 0.29) is 29.0 Å². The average Bonchev–Trinajstić information content (AvgIpc) is 3.20. The molecule has 148 valence electrons. The van der Waals surface area contributed by atoms with Crippen LogP contribution in [0.25, 0.3) is 0 Å². The molecule has 1 aromatic rings. The molecule has 0 aromatic heterocycles. The Labute approximate surface area is 160 Å². The van der Waals surface area contributed by atoms with Gasteiger partial charge in [0.05, 0.1) is 10.5 Å². The first-order chi connectivity index (χ1) is 13.0. The van der Waals surface area contributed by atoms with Crippen molar-refractivity contribution in [3.63, 3.8) is 0 Å². The number of sulfonamides is 1. The summed E-state index contributed by atoms with van der Waals surface area (Å²) in [6.07, 6.45) is 6.83. The van der Waals surface area contributed by atoms with Crippen molar-refractivity contribution in [1.82, 2.24) is 9.62 Å². The first-order valence-corrected chi connectivity index (χ1v) is 11.0. The van der Waals surface area contributed by atoms with Crippen LogP contribution >= 0.6 is 0 Å². The Hall–Kier alpha value is -1.93. The van der Waals surface area contributed by atoms with E-state index in [2.05, 4.69) is 5.32 Å². The predicted octanol–water partition coefficient (Wildman–Crippen LogP) is 2.08. The second-order valence-corrected chi connectivity index (χ2v) is 9.06. The number of nitrogens with one attached hydrogen (secondary N) is 1. The van der Waals surface area contributed by atoms with Gasteiger partial charge in [0.25, 0.3) is 5.91 Å². The average molecular weight is 394 g/mol. The van der Waals surface area contributed by atoms with Crippen LogP contribution in [0.15, 0.2) is 29.2 Å². The fraction of sp³-hybridized carbons (Fsp3) is 0.579. The van der Waals surface area contributed by atoms with Gasteiger partial charge >= 0.3 is 5.97 Å². The summed E-state index contributed by atoms with van der Waals surface area (Å²) in [6.45, 7) is 0.634. The van der Waals surface area contributed by atoms with E-state index in [9.17, 15) is 18.0 Å². The van der Waals surface area contributed by atoms with E-state index in [1.165, 1.54) is 28.6 Å². The van der Waals surface area contributed by atoms with Crippen molar-refractivity contribution in [3.05, 3.63) is 29.8 Å². The molecule has 1 aromatic carbocycles. The summed E-state index contributed by atoms with van der Waals surface area (Å²) < 4.78 is 32.0. The molecule has 7 nitrogen and oxygen atoms in total. The van der Waals surface area contributed by atoms with Crippen LogP contribution in [-0.2, 0) is 19.6 Å². The molecule has 0 bridgehead atoms. The fourth-order valence-electron chi connectivity index (χ4n) is 3.59. The normalized spacial score (nSPS) is 19.0. The smallest absolute Gasteiger partial charge is 0.338 e. The number of esters is 1. The first kappa shape index (κ1) is 19.8. The van der Waals surface area contributed by atoms with E-state index in [1.54, 1.807) is 0 Å². The molecular formula is C19H26N2O5S. The minimum atomic E-state index is -3.62. The van der Waals surface area contributed by atoms with Crippen LogP contribution in [0, 0.1) is 0 Å². The Bertz CT molecular complexity index is 781. The third-order valence-electron chi connectivity index (χ3n) is 5.08. The molecular weight excluding hydrogens is 368 g/mol. The molecule has 1 aliphatic carbocycles. The summed E-state index contributed by atoms with van der Waals surface area (Å²) >= 11 is 0. The van der Waals surface area contributed by atoms with Crippen LogP contribution in [0.2, 0.25) is 0 Å². The standard InChI is InChI=1S/C19H26N2O5S/c22-18(20-16-8-2-3-9-16)14-26-19(23)15-7-6-10-17(13-15)27(24,25)21-11-4-1-5-12-21/h6-7,10,13,16H,1-5,8-9,11-12,14H2,(H,20,22). The largest absolute Gasteiger partial charge is 0.452 e. The van der Waals surface area contributed by atoms with Gasteiger partial charge in [0, 0.05) is 19.1 Å². The Kier molecular flexibility index (Phi) is 6.49. The monoisotopic (exact) mass is 394 g/mol. The summed E-state index contributed by atoms with van der Waals surface area (Å²) in [6, 6.07) is 5.97. The van der Waals surface area contributed by atoms with Gasteiger partial charge in [-0.15, -0.1) is 0 Å². The van der Waals surface area contributed by atoms with Gasteiger partial charge in [0.2, 0.25) is 10.0 Å². The predicted molar refractivity (Wildman–Crippen MR) is 99.7 cm³/mol. The number of ether oxygens (including phenoxy) is 1. The lowest BCUT2D eigenvalue weighted by atomic mass is 10.2. The quantitative estimate of drug-likeness (QED) is 0.746. The molecule has 1 saturated heterocycles. The third-order valence-corrected chi connectivity index (χ3v) is 6.97. The SMILES string of the molecule is O=C(COC(=O)c1cccc(S(=O)(=O)N2CCCCC2)c1)NC1CCCC1. The maximum Gasteiger partial charge on any atom is 0.338 e. The van der Waals surface area contributed by atoms with Gasteiger partial charge in [-0.25, -0.2) is 13.2 Å². The van der Waals surface area contributed by atoms with Crippen molar-refractivity contribution in [3.8, 4) is 0 Å². The van der Waals surface area contributed by atoms with E-state index in [0.29, 0.717) is 13.1 Å². The van der Waals surface area contributed by atoms with Gasteiger partial charge in [-0.2, -0.15) is 4.31 Å².